The molecule has 130 valence electrons. The summed E-state index contributed by atoms with van der Waals surface area (Å²) in [5, 5.41) is 5.79. The third-order valence-electron chi connectivity index (χ3n) is 4.29. The number of hydrogen-bond donors (Lipinski definition) is 2. The average Bonchev–Trinajstić information content (AvgIpc) is 3.48. The minimum absolute atomic E-state index is 0.0705. The second-order valence-corrected chi connectivity index (χ2v) is 6.35. The fourth-order valence-corrected chi connectivity index (χ4v) is 2.55. The maximum atomic E-state index is 12.2. The van der Waals surface area contributed by atoms with Gasteiger partial charge in [-0.2, -0.15) is 0 Å². The van der Waals surface area contributed by atoms with Crippen molar-refractivity contribution >= 4 is 23.2 Å². The summed E-state index contributed by atoms with van der Waals surface area (Å²) in [5.74, 6) is 0.132. The van der Waals surface area contributed by atoms with Crippen molar-refractivity contribution in [2.24, 2.45) is 5.92 Å². The van der Waals surface area contributed by atoms with Gasteiger partial charge in [-0.25, -0.2) is 0 Å². The Balaban J connectivity index is 1.45. The van der Waals surface area contributed by atoms with Crippen LogP contribution in [0.1, 0.15) is 23.2 Å². The molecular formula is C20H23N3O2. The molecule has 5 nitrogen and oxygen atoms in total. The molecular weight excluding hydrogens is 314 g/mol. The van der Waals surface area contributed by atoms with Gasteiger partial charge < -0.3 is 15.5 Å². The fourth-order valence-electron chi connectivity index (χ4n) is 2.55. The Labute approximate surface area is 148 Å². The summed E-state index contributed by atoms with van der Waals surface area (Å²) in [7, 11) is 2.00. The lowest BCUT2D eigenvalue weighted by Gasteiger charge is -2.19. The first-order valence-corrected chi connectivity index (χ1v) is 8.59. The second-order valence-electron chi connectivity index (χ2n) is 6.35. The van der Waals surface area contributed by atoms with Crippen molar-refractivity contribution in [1.29, 1.82) is 0 Å². The zero-order valence-corrected chi connectivity index (χ0v) is 14.4. The van der Waals surface area contributed by atoms with Gasteiger partial charge in [0.05, 0.1) is 0 Å². The number of benzene rings is 2. The summed E-state index contributed by atoms with van der Waals surface area (Å²) in [5.41, 5.74) is 2.44. The molecule has 2 aromatic carbocycles. The zero-order chi connectivity index (χ0) is 17.6. The van der Waals surface area contributed by atoms with Gasteiger partial charge in [0, 0.05) is 43.0 Å². The highest BCUT2D eigenvalue weighted by Crippen LogP contribution is 2.30. The van der Waals surface area contributed by atoms with Crippen LogP contribution in [0.5, 0.6) is 0 Å². The first-order valence-electron chi connectivity index (χ1n) is 8.59. The Morgan fingerprint density at radius 3 is 2.36 bits per heavy atom. The molecule has 0 heterocycles. The van der Waals surface area contributed by atoms with Crippen molar-refractivity contribution in [3.8, 4) is 0 Å². The molecule has 3 rings (SSSR count). The number of nitrogens with zero attached hydrogens (tertiary/aromatic N) is 1. The molecule has 25 heavy (non-hydrogen) atoms. The number of anilines is 2. The number of likely N-dealkylation sites (N-methyl/N-ethyl adjacent to an activating group) is 1. The standard InChI is InChI=1S/C20H23N3O2/c1-23(18-5-3-2-4-6-18)14-13-21-19(24)15-9-11-17(12-10-15)22-20(25)16-7-8-16/h2-6,9-12,16H,7-8,13-14H2,1H3,(H,21,24)(H,22,25). The van der Waals surface area contributed by atoms with E-state index in [1.165, 1.54) is 0 Å². The van der Waals surface area contributed by atoms with Crippen molar-refractivity contribution in [2.75, 3.05) is 30.4 Å². The van der Waals surface area contributed by atoms with Crippen LogP contribution in [-0.2, 0) is 4.79 Å². The van der Waals surface area contributed by atoms with E-state index in [0.29, 0.717) is 12.1 Å². The SMILES string of the molecule is CN(CCNC(=O)c1ccc(NC(=O)C2CC2)cc1)c1ccccc1. The number of para-hydroxylation sites is 1. The van der Waals surface area contributed by atoms with Crippen LogP contribution in [0.25, 0.3) is 0 Å². The lowest BCUT2D eigenvalue weighted by molar-refractivity contribution is -0.117. The van der Waals surface area contributed by atoms with Gasteiger partial charge in [-0.05, 0) is 49.2 Å². The van der Waals surface area contributed by atoms with Crippen molar-refractivity contribution in [2.45, 2.75) is 12.8 Å². The van der Waals surface area contributed by atoms with E-state index in [4.69, 9.17) is 0 Å². The van der Waals surface area contributed by atoms with Crippen LogP contribution < -0.4 is 15.5 Å². The number of nitrogens with one attached hydrogen (secondary N) is 2. The quantitative estimate of drug-likeness (QED) is 0.817. The zero-order valence-electron chi connectivity index (χ0n) is 14.4. The monoisotopic (exact) mass is 337 g/mol. The van der Waals surface area contributed by atoms with Gasteiger partial charge in [0.1, 0.15) is 0 Å². The molecule has 0 radical (unpaired) electrons. The van der Waals surface area contributed by atoms with Crippen LogP contribution in [-0.4, -0.2) is 32.0 Å². The molecule has 0 aliphatic heterocycles. The smallest absolute Gasteiger partial charge is 0.251 e. The van der Waals surface area contributed by atoms with Crippen LogP contribution in [0.2, 0.25) is 0 Å². The predicted molar refractivity (Wildman–Crippen MR) is 99.8 cm³/mol. The molecule has 1 saturated carbocycles. The summed E-state index contributed by atoms with van der Waals surface area (Å²) < 4.78 is 0. The van der Waals surface area contributed by atoms with Gasteiger partial charge in [0.25, 0.3) is 5.91 Å². The Hall–Kier alpha value is -2.82. The molecule has 2 N–H and O–H groups in total. The molecule has 0 saturated heterocycles. The van der Waals surface area contributed by atoms with Gasteiger partial charge in [0.2, 0.25) is 5.91 Å². The highest BCUT2D eigenvalue weighted by atomic mass is 16.2. The van der Waals surface area contributed by atoms with Crippen LogP contribution in [0.15, 0.2) is 54.6 Å². The molecule has 0 spiro atoms. The molecule has 2 amide bonds. The highest BCUT2D eigenvalue weighted by molar-refractivity contribution is 5.96. The maximum Gasteiger partial charge on any atom is 0.251 e. The van der Waals surface area contributed by atoms with Crippen molar-refractivity contribution in [3.05, 3.63) is 60.2 Å². The summed E-state index contributed by atoms with van der Waals surface area (Å²) in [6.07, 6.45) is 1.95. The van der Waals surface area contributed by atoms with E-state index >= 15 is 0 Å². The first-order chi connectivity index (χ1) is 12.1. The number of carbonyl (C=O) groups is 2. The highest BCUT2D eigenvalue weighted by Gasteiger charge is 2.29. The molecule has 2 aromatic rings. The van der Waals surface area contributed by atoms with E-state index in [9.17, 15) is 9.59 Å². The summed E-state index contributed by atoms with van der Waals surface area (Å²) in [6, 6.07) is 17.1. The third-order valence-corrected chi connectivity index (χ3v) is 4.29. The van der Waals surface area contributed by atoms with E-state index in [-0.39, 0.29) is 17.7 Å². The Morgan fingerprint density at radius 1 is 1.04 bits per heavy atom. The molecule has 0 aromatic heterocycles. The summed E-state index contributed by atoms with van der Waals surface area (Å²) in [6.45, 7) is 1.29. The minimum atomic E-state index is -0.110. The van der Waals surface area contributed by atoms with E-state index in [1.807, 2.05) is 37.4 Å². The average molecular weight is 337 g/mol. The second kappa shape index (κ2) is 7.83. The topological polar surface area (TPSA) is 61.4 Å². The van der Waals surface area contributed by atoms with Crippen LogP contribution in [0.3, 0.4) is 0 Å². The number of carbonyl (C=O) groups excluding carboxylic acids is 2. The van der Waals surface area contributed by atoms with Crippen LogP contribution >= 0.6 is 0 Å². The van der Waals surface area contributed by atoms with Gasteiger partial charge in [-0.15, -0.1) is 0 Å². The van der Waals surface area contributed by atoms with E-state index < -0.39 is 0 Å². The first kappa shape index (κ1) is 17.0. The third kappa shape index (κ3) is 4.83. The van der Waals surface area contributed by atoms with Crippen LogP contribution in [0, 0.1) is 5.92 Å². The fraction of sp³-hybridized carbons (Fsp3) is 0.300. The minimum Gasteiger partial charge on any atom is -0.373 e. The van der Waals surface area contributed by atoms with Crippen molar-refractivity contribution in [3.63, 3.8) is 0 Å². The molecule has 1 fully saturated rings. The molecule has 1 aliphatic rings. The Kier molecular flexibility index (Phi) is 5.33. The largest absolute Gasteiger partial charge is 0.373 e. The van der Waals surface area contributed by atoms with E-state index in [1.54, 1.807) is 24.3 Å². The van der Waals surface area contributed by atoms with Crippen molar-refractivity contribution in [1.82, 2.24) is 5.32 Å². The Morgan fingerprint density at radius 2 is 1.72 bits per heavy atom. The molecule has 5 heteroatoms. The van der Waals surface area contributed by atoms with E-state index in [0.717, 1.165) is 30.8 Å². The molecule has 0 bridgehead atoms. The normalized spacial score (nSPS) is 13.2. The molecule has 0 unspecified atom stereocenters. The Bertz CT molecular complexity index is 724. The van der Waals surface area contributed by atoms with Gasteiger partial charge in [-0.1, -0.05) is 18.2 Å². The number of rotatable bonds is 7. The predicted octanol–water partition coefficient (Wildman–Crippen LogP) is 2.90. The number of hydrogen-bond acceptors (Lipinski definition) is 3. The van der Waals surface area contributed by atoms with Gasteiger partial charge >= 0.3 is 0 Å². The summed E-state index contributed by atoms with van der Waals surface area (Å²) in [4.78, 5) is 26.0. The van der Waals surface area contributed by atoms with E-state index in [2.05, 4.69) is 15.5 Å². The van der Waals surface area contributed by atoms with Crippen molar-refractivity contribution < 1.29 is 9.59 Å². The number of amides is 2. The van der Waals surface area contributed by atoms with Gasteiger partial charge in [0.15, 0.2) is 0 Å². The lowest BCUT2D eigenvalue weighted by atomic mass is 10.2. The maximum absolute atomic E-state index is 12.2. The van der Waals surface area contributed by atoms with Gasteiger partial charge in [-0.3, -0.25) is 9.59 Å². The molecule has 1 aliphatic carbocycles. The lowest BCUT2D eigenvalue weighted by Crippen LogP contribution is -2.32. The van der Waals surface area contributed by atoms with Crippen LogP contribution in [0.4, 0.5) is 11.4 Å². The molecule has 0 atom stereocenters. The summed E-state index contributed by atoms with van der Waals surface area (Å²) >= 11 is 0.